The molecule has 9 heteroatoms. The molecule has 2 atom stereocenters. The molecule has 2 heterocycles. The second-order valence-electron chi connectivity index (χ2n) is 7.71. The first kappa shape index (κ1) is 23.3. The van der Waals surface area contributed by atoms with Crippen LogP contribution in [0.15, 0.2) is 34.9 Å². The number of anilines is 1. The van der Waals surface area contributed by atoms with Gasteiger partial charge in [0.05, 0.1) is 30.3 Å². The van der Waals surface area contributed by atoms with Crippen molar-refractivity contribution >= 4 is 29.4 Å². The topological polar surface area (TPSA) is 96.7 Å². The van der Waals surface area contributed by atoms with Gasteiger partial charge in [0.25, 0.3) is 0 Å². The van der Waals surface area contributed by atoms with Gasteiger partial charge in [-0.25, -0.2) is 0 Å². The van der Waals surface area contributed by atoms with Crippen LogP contribution >= 0.6 is 11.8 Å². The molecule has 0 radical (unpaired) electrons. The van der Waals surface area contributed by atoms with Gasteiger partial charge in [-0.15, -0.1) is 11.8 Å². The first-order chi connectivity index (χ1) is 14.9. The Morgan fingerprint density at radius 1 is 1.19 bits per heavy atom. The highest BCUT2D eigenvalue weighted by molar-refractivity contribution is 8.01. The van der Waals surface area contributed by atoms with E-state index >= 15 is 0 Å². The van der Waals surface area contributed by atoms with E-state index in [-0.39, 0.29) is 23.6 Å². The number of ether oxygens (including phenoxy) is 1. The third-order valence-electron chi connectivity index (χ3n) is 5.07. The number of hydrogen-bond donors (Lipinski definition) is 2. The Labute approximate surface area is 187 Å². The van der Waals surface area contributed by atoms with Crippen molar-refractivity contribution in [2.45, 2.75) is 32.1 Å². The number of morpholine rings is 1. The number of thioether (sulfide) groups is 1. The number of nitrogens with zero attached hydrogens (tertiary/aromatic N) is 2. The van der Waals surface area contributed by atoms with Crippen molar-refractivity contribution in [1.82, 2.24) is 15.4 Å². The van der Waals surface area contributed by atoms with Gasteiger partial charge in [-0.05, 0) is 26.3 Å². The van der Waals surface area contributed by atoms with E-state index in [1.807, 2.05) is 6.92 Å². The summed E-state index contributed by atoms with van der Waals surface area (Å²) in [6, 6.07) is 9.77. The van der Waals surface area contributed by atoms with Gasteiger partial charge in [-0.1, -0.05) is 35.0 Å². The summed E-state index contributed by atoms with van der Waals surface area (Å²) >= 11 is 1.29. The van der Waals surface area contributed by atoms with Crippen molar-refractivity contribution in [2.75, 3.05) is 43.9 Å². The first-order valence-corrected chi connectivity index (χ1v) is 11.5. The van der Waals surface area contributed by atoms with E-state index in [1.54, 1.807) is 19.9 Å². The number of aryl methyl sites for hydroxylation is 2. The number of benzene rings is 1. The van der Waals surface area contributed by atoms with Gasteiger partial charge in [0.15, 0.2) is 5.82 Å². The Bertz CT molecular complexity index is 865. The number of carbonyl (C=O) groups is 2. The average Bonchev–Trinajstić information content (AvgIpc) is 3.17. The SMILES string of the molecule is Cc1ccc(C(CN2CCOCC2)NC(=O)CSC(C)C(=O)Nc2cc(C)on2)cc1. The van der Waals surface area contributed by atoms with E-state index in [1.165, 1.54) is 17.3 Å². The molecule has 1 fully saturated rings. The van der Waals surface area contributed by atoms with Gasteiger partial charge < -0.3 is 19.9 Å². The van der Waals surface area contributed by atoms with Crippen LogP contribution in [0.2, 0.25) is 0 Å². The normalized spacial score (nSPS) is 16.5. The van der Waals surface area contributed by atoms with Gasteiger partial charge in [-0.2, -0.15) is 0 Å². The quantitative estimate of drug-likeness (QED) is 0.611. The number of carbonyl (C=O) groups excluding carboxylic acids is 2. The Balaban J connectivity index is 1.53. The molecule has 2 aromatic rings. The van der Waals surface area contributed by atoms with Crippen molar-refractivity contribution in [1.29, 1.82) is 0 Å². The minimum atomic E-state index is -0.403. The van der Waals surface area contributed by atoms with Gasteiger partial charge in [0, 0.05) is 25.7 Å². The van der Waals surface area contributed by atoms with E-state index in [9.17, 15) is 9.59 Å². The molecule has 2 amide bonds. The molecule has 0 spiro atoms. The van der Waals surface area contributed by atoms with Crippen molar-refractivity contribution in [3.05, 3.63) is 47.2 Å². The van der Waals surface area contributed by atoms with E-state index < -0.39 is 5.25 Å². The molecular formula is C22H30N4O4S. The number of nitrogens with one attached hydrogen (secondary N) is 2. The maximum atomic E-state index is 12.7. The van der Waals surface area contributed by atoms with Gasteiger partial charge in [-0.3, -0.25) is 14.5 Å². The molecule has 0 saturated carbocycles. The summed E-state index contributed by atoms with van der Waals surface area (Å²) in [5, 5.41) is 9.20. The lowest BCUT2D eigenvalue weighted by Gasteiger charge is -2.31. The lowest BCUT2D eigenvalue weighted by Crippen LogP contribution is -2.43. The second kappa shape index (κ2) is 11.3. The molecule has 1 aliphatic heterocycles. The van der Waals surface area contributed by atoms with Crippen LogP contribution in [0.1, 0.15) is 29.9 Å². The summed E-state index contributed by atoms with van der Waals surface area (Å²) in [6.07, 6.45) is 0. The summed E-state index contributed by atoms with van der Waals surface area (Å²) in [5.41, 5.74) is 2.25. The summed E-state index contributed by atoms with van der Waals surface area (Å²) in [7, 11) is 0. The maximum Gasteiger partial charge on any atom is 0.238 e. The van der Waals surface area contributed by atoms with Crippen molar-refractivity contribution in [2.24, 2.45) is 0 Å². The smallest absolute Gasteiger partial charge is 0.238 e. The molecule has 168 valence electrons. The Hall–Kier alpha value is -2.36. The van der Waals surface area contributed by atoms with E-state index in [0.29, 0.717) is 24.8 Å². The number of rotatable bonds is 9. The minimum Gasteiger partial charge on any atom is -0.379 e. The molecule has 2 N–H and O–H groups in total. The first-order valence-electron chi connectivity index (χ1n) is 10.4. The van der Waals surface area contributed by atoms with Crippen molar-refractivity contribution in [3.8, 4) is 0 Å². The molecule has 1 aromatic heterocycles. The third-order valence-corrected chi connectivity index (χ3v) is 6.22. The lowest BCUT2D eigenvalue weighted by molar-refractivity contribution is -0.119. The minimum absolute atomic E-state index is 0.0965. The Morgan fingerprint density at radius 3 is 2.55 bits per heavy atom. The average molecular weight is 447 g/mol. The van der Waals surface area contributed by atoms with Crippen molar-refractivity contribution < 1.29 is 18.8 Å². The van der Waals surface area contributed by atoms with Crippen LogP contribution in [0, 0.1) is 13.8 Å². The fourth-order valence-corrected chi connectivity index (χ4v) is 3.94. The summed E-state index contributed by atoms with van der Waals surface area (Å²) in [6.45, 7) is 9.42. The largest absolute Gasteiger partial charge is 0.379 e. The highest BCUT2D eigenvalue weighted by atomic mass is 32.2. The zero-order valence-corrected chi connectivity index (χ0v) is 19.0. The molecule has 31 heavy (non-hydrogen) atoms. The predicted molar refractivity (Wildman–Crippen MR) is 121 cm³/mol. The molecule has 2 unspecified atom stereocenters. The Morgan fingerprint density at radius 2 is 1.90 bits per heavy atom. The number of aromatic nitrogens is 1. The van der Waals surface area contributed by atoms with Crippen LogP contribution in [0.5, 0.6) is 0 Å². The Kier molecular flexibility index (Phi) is 8.51. The van der Waals surface area contributed by atoms with Crippen LogP contribution in [0.25, 0.3) is 0 Å². The summed E-state index contributed by atoms with van der Waals surface area (Å²) in [4.78, 5) is 27.3. The molecule has 0 bridgehead atoms. The summed E-state index contributed by atoms with van der Waals surface area (Å²) in [5.74, 6) is 0.884. The standard InChI is InChI=1S/C22H30N4O4S/c1-15-4-6-18(7-5-15)19(13-26-8-10-29-11-9-26)23-21(27)14-31-17(3)22(28)24-20-12-16(2)30-25-20/h4-7,12,17,19H,8-11,13-14H2,1-3H3,(H,23,27)(H,24,25,28). The zero-order valence-electron chi connectivity index (χ0n) is 18.2. The molecule has 0 aliphatic carbocycles. The van der Waals surface area contributed by atoms with E-state index in [2.05, 4.69) is 45.0 Å². The predicted octanol–water partition coefficient (Wildman–Crippen LogP) is 2.54. The van der Waals surface area contributed by atoms with Crippen LogP contribution in [0.4, 0.5) is 5.82 Å². The third kappa shape index (κ3) is 7.37. The van der Waals surface area contributed by atoms with E-state index in [0.717, 1.165) is 25.2 Å². The molecule has 8 nitrogen and oxygen atoms in total. The molecular weight excluding hydrogens is 416 g/mol. The lowest BCUT2D eigenvalue weighted by atomic mass is 10.0. The zero-order chi connectivity index (χ0) is 22.2. The van der Waals surface area contributed by atoms with Gasteiger partial charge in [0.1, 0.15) is 5.76 Å². The summed E-state index contributed by atoms with van der Waals surface area (Å²) < 4.78 is 10.4. The number of hydrogen-bond acceptors (Lipinski definition) is 7. The molecule has 1 aliphatic rings. The molecule has 1 aromatic carbocycles. The number of amides is 2. The monoisotopic (exact) mass is 446 g/mol. The molecule has 1 saturated heterocycles. The fourth-order valence-electron chi connectivity index (χ4n) is 3.24. The highest BCUT2D eigenvalue weighted by Crippen LogP contribution is 2.18. The highest BCUT2D eigenvalue weighted by Gasteiger charge is 2.22. The van der Waals surface area contributed by atoms with E-state index in [4.69, 9.17) is 9.26 Å². The maximum absolute atomic E-state index is 12.7. The fraction of sp³-hybridized carbons (Fsp3) is 0.500. The van der Waals surface area contributed by atoms with Crippen LogP contribution < -0.4 is 10.6 Å². The van der Waals surface area contributed by atoms with Gasteiger partial charge in [0.2, 0.25) is 11.8 Å². The van der Waals surface area contributed by atoms with Gasteiger partial charge >= 0.3 is 0 Å². The second-order valence-corrected chi connectivity index (χ2v) is 9.04. The van der Waals surface area contributed by atoms with Crippen LogP contribution in [-0.2, 0) is 14.3 Å². The van der Waals surface area contributed by atoms with Crippen molar-refractivity contribution in [3.63, 3.8) is 0 Å². The van der Waals surface area contributed by atoms with Crippen LogP contribution in [0.3, 0.4) is 0 Å². The van der Waals surface area contributed by atoms with Crippen LogP contribution in [-0.4, -0.2) is 65.7 Å². The molecule has 3 rings (SSSR count).